The average Bonchev–Trinajstić information content (AvgIpc) is 3.16. The molecule has 12 nitrogen and oxygen atoms in total. The highest BCUT2D eigenvalue weighted by Crippen LogP contribution is 2.26. The van der Waals surface area contributed by atoms with E-state index in [1.807, 2.05) is 0 Å². The SMILES string of the molecule is COc1cccc(C(=O)OCC(COC(=O)c2cccc(OC)c2)(COC(=O)c2cccc(OC)c2)COC(=O)c2cccc(OC)c2)c1. The molecule has 0 fully saturated rings. The second kappa shape index (κ2) is 17.2. The van der Waals surface area contributed by atoms with Gasteiger partial charge in [0.2, 0.25) is 0 Å². The maximum Gasteiger partial charge on any atom is 0.338 e. The molecule has 0 unspecified atom stereocenters. The summed E-state index contributed by atoms with van der Waals surface area (Å²) >= 11 is 0. The first kappa shape index (κ1) is 35.8. The summed E-state index contributed by atoms with van der Waals surface area (Å²) in [5, 5.41) is 0. The normalized spacial score (nSPS) is 10.7. The predicted molar refractivity (Wildman–Crippen MR) is 176 cm³/mol. The molecule has 0 heterocycles. The number of hydrogen-bond acceptors (Lipinski definition) is 12. The van der Waals surface area contributed by atoms with Crippen molar-refractivity contribution in [3.63, 3.8) is 0 Å². The van der Waals surface area contributed by atoms with Crippen LogP contribution in [0.15, 0.2) is 97.1 Å². The molecule has 0 spiro atoms. The lowest BCUT2D eigenvalue weighted by Gasteiger charge is -2.31. The Morgan fingerprint density at radius 1 is 0.408 bits per heavy atom. The van der Waals surface area contributed by atoms with Crippen LogP contribution in [0.25, 0.3) is 0 Å². The smallest absolute Gasteiger partial charge is 0.338 e. The van der Waals surface area contributed by atoms with E-state index < -0.39 is 55.7 Å². The number of benzene rings is 4. The Bertz CT molecular complexity index is 1510. The number of methoxy groups -OCH3 is 4. The Morgan fingerprint density at radius 3 is 0.837 bits per heavy atom. The molecule has 0 radical (unpaired) electrons. The molecule has 0 amide bonds. The van der Waals surface area contributed by atoms with Gasteiger partial charge in [0.05, 0.1) is 50.7 Å². The minimum absolute atomic E-state index is 0.170. The number of rotatable bonds is 16. The third-order valence-corrected chi connectivity index (χ3v) is 7.26. The Labute approximate surface area is 283 Å². The first-order valence-corrected chi connectivity index (χ1v) is 14.9. The molecule has 4 aromatic rings. The van der Waals surface area contributed by atoms with Crippen molar-refractivity contribution < 1.29 is 57.1 Å². The third kappa shape index (κ3) is 9.97. The quantitative estimate of drug-likeness (QED) is 0.111. The van der Waals surface area contributed by atoms with Crippen molar-refractivity contribution in [1.29, 1.82) is 0 Å². The molecule has 4 rings (SSSR count). The molecule has 4 aromatic carbocycles. The fraction of sp³-hybridized carbons (Fsp3) is 0.243. The molecule has 0 atom stereocenters. The summed E-state index contributed by atoms with van der Waals surface area (Å²) in [4.78, 5) is 52.8. The zero-order valence-electron chi connectivity index (χ0n) is 27.5. The number of esters is 4. The van der Waals surface area contributed by atoms with Crippen LogP contribution in [0.5, 0.6) is 23.0 Å². The molecular formula is C37H36O12. The number of carbonyl (C=O) groups excluding carboxylic acids is 4. The largest absolute Gasteiger partial charge is 0.497 e. The van der Waals surface area contributed by atoms with Crippen molar-refractivity contribution in [2.75, 3.05) is 54.9 Å². The van der Waals surface area contributed by atoms with Gasteiger partial charge in [0, 0.05) is 0 Å². The number of hydrogen-bond donors (Lipinski definition) is 0. The summed E-state index contributed by atoms with van der Waals surface area (Å²) in [6.45, 7) is -1.98. The summed E-state index contributed by atoms with van der Waals surface area (Å²) in [6.07, 6.45) is 0. The minimum Gasteiger partial charge on any atom is -0.497 e. The van der Waals surface area contributed by atoms with Crippen LogP contribution in [0.3, 0.4) is 0 Å². The van der Waals surface area contributed by atoms with Gasteiger partial charge in [-0.05, 0) is 72.8 Å². The number of ether oxygens (including phenoxy) is 8. The molecule has 0 saturated heterocycles. The van der Waals surface area contributed by atoms with Crippen LogP contribution in [0.1, 0.15) is 41.4 Å². The van der Waals surface area contributed by atoms with Crippen molar-refractivity contribution in [3.05, 3.63) is 119 Å². The van der Waals surface area contributed by atoms with Gasteiger partial charge in [0.25, 0.3) is 0 Å². The average molecular weight is 673 g/mol. The molecule has 0 aromatic heterocycles. The minimum atomic E-state index is -1.58. The Kier molecular flexibility index (Phi) is 12.6. The van der Waals surface area contributed by atoms with E-state index in [0.29, 0.717) is 23.0 Å². The van der Waals surface area contributed by atoms with E-state index in [1.54, 1.807) is 48.5 Å². The van der Waals surface area contributed by atoms with Crippen LogP contribution in [-0.2, 0) is 18.9 Å². The maximum atomic E-state index is 13.2. The van der Waals surface area contributed by atoms with Crippen molar-refractivity contribution >= 4 is 23.9 Å². The standard InChI is InChI=1S/C37H36O12/c1-42-29-13-5-9-25(17-29)33(38)46-21-37(22-47-34(39)26-10-6-14-30(18-26)43-2,23-48-35(40)27-11-7-15-31(19-27)44-3)24-49-36(41)28-12-8-16-32(20-28)45-4/h5-20H,21-24H2,1-4H3. The molecular weight excluding hydrogens is 636 g/mol. The monoisotopic (exact) mass is 672 g/mol. The Morgan fingerprint density at radius 2 is 0.633 bits per heavy atom. The summed E-state index contributed by atoms with van der Waals surface area (Å²) in [5.74, 6) is -1.30. The molecule has 0 N–H and O–H groups in total. The van der Waals surface area contributed by atoms with Gasteiger partial charge < -0.3 is 37.9 Å². The van der Waals surface area contributed by atoms with Crippen LogP contribution in [-0.4, -0.2) is 78.7 Å². The third-order valence-electron chi connectivity index (χ3n) is 7.26. The van der Waals surface area contributed by atoms with E-state index in [1.165, 1.54) is 77.0 Å². The van der Waals surface area contributed by atoms with Crippen LogP contribution in [0.4, 0.5) is 0 Å². The van der Waals surface area contributed by atoms with E-state index in [0.717, 1.165) is 0 Å². The van der Waals surface area contributed by atoms with E-state index in [-0.39, 0.29) is 22.3 Å². The molecule has 0 aliphatic carbocycles. The van der Waals surface area contributed by atoms with E-state index in [2.05, 4.69) is 0 Å². The van der Waals surface area contributed by atoms with E-state index in [9.17, 15) is 19.2 Å². The van der Waals surface area contributed by atoms with Gasteiger partial charge in [0.1, 0.15) is 54.8 Å². The van der Waals surface area contributed by atoms with Crippen LogP contribution < -0.4 is 18.9 Å². The Balaban J connectivity index is 1.65. The van der Waals surface area contributed by atoms with Crippen molar-refractivity contribution in [2.45, 2.75) is 0 Å². The molecule has 0 saturated carbocycles. The van der Waals surface area contributed by atoms with Crippen LogP contribution in [0.2, 0.25) is 0 Å². The van der Waals surface area contributed by atoms with Gasteiger partial charge >= 0.3 is 23.9 Å². The molecule has 49 heavy (non-hydrogen) atoms. The van der Waals surface area contributed by atoms with Gasteiger partial charge in [-0.15, -0.1) is 0 Å². The fourth-order valence-electron chi connectivity index (χ4n) is 4.46. The van der Waals surface area contributed by atoms with Gasteiger partial charge in [-0.25, -0.2) is 19.2 Å². The van der Waals surface area contributed by atoms with Gasteiger partial charge in [-0.3, -0.25) is 0 Å². The van der Waals surface area contributed by atoms with Crippen molar-refractivity contribution in [3.8, 4) is 23.0 Å². The summed E-state index contributed by atoms with van der Waals surface area (Å²) < 4.78 is 43.6. The lowest BCUT2D eigenvalue weighted by atomic mass is 9.92. The molecule has 0 aliphatic rings. The Hall–Kier alpha value is -6.04. The summed E-state index contributed by atoms with van der Waals surface area (Å²) in [6, 6.07) is 25.2. The van der Waals surface area contributed by atoms with Crippen molar-refractivity contribution in [2.24, 2.45) is 5.41 Å². The van der Waals surface area contributed by atoms with Gasteiger partial charge in [-0.2, -0.15) is 0 Å². The van der Waals surface area contributed by atoms with Crippen LogP contribution >= 0.6 is 0 Å². The lowest BCUT2D eigenvalue weighted by Crippen LogP contribution is -2.44. The summed E-state index contributed by atoms with van der Waals surface area (Å²) in [7, 11) is 5.83. The van der Waals surface area contributed by atoms with Crippen LogP contribution in [0, 0.1) is 5.41 Å². The highest BCUT2D eigenvalue weighted by Gasteiger charge is 2.38. The second-order valence-electron chi connectivity index (χ2n) is 10.7. The molecule has 0 aliphatic heterocycles. The summed E-state index contributed by atoms with van der Waals surface area (Å²) in [5.41, 5.74) is -0.898. The number of carbonyl (C=O) groups is 4. The first-order chi connectivity index (χ1) is 23.7. The fourth-order valence-corrected chi connectivity index (χ4v) is 4.46. The van der Waals surface area contributed by atoms with Gasteiger partial charge in [0.15, 0.2) is 0 Å². The topological polar surface area (TPSA) is 142 Å². The van der Waals surface area contributed by atoms with Gasteiger partial charge in [-0.1, -0.05) is 24.3 Å². The molecule has 256 valence electrons. The zero-order chi connectivity index (χ0) is 35.2. The first-order valence-electron chi connectivity index (χ1n) is 14.9. The highest BCUT2D eigenvalue weighted by molar-refractivity contribution is 5.91. The van der Waals surface area contributed by atoms with E-state index in [4.69, 9.17) is 37.9 Å². The van der Waals surface area contributed by atoms with Crippen molar-refractivity contribution in [1.82, 2.24) is 0 Å². The lowest BCUT2D eigenvalue weighted by molar-refractivity contribution is -0.0642. The molecule has 0 bridgehead atoms. The van der Waals surface area contributed by atoms with E-state index >= 15 is 0 Å². The molecule has 12 heteroatoms. The second-order valence-corrected chi connectivity index (χ2v) is 10.7. The maximum absolute atomic E-state index is 13.2. The highest BCUT2D eigenvalue weighted by atomic mass is 16.6. The zero-order valence-corrected chi connectivity index (χ0v) is 27.5. The predicted octanol–water partition coefficient (Wildman–Crippen LogP) is 5.44.